The van der Waals surface area contributed by atoms with Crippen molar-refractivity contribution in [1.82, 2.24) is 4.90 Å². The van der Waals surface area contributed by atoms with Gasteiger partial charge in [-0.1, -0.05) is 54.1 Å². The molecule has 1 atom stereocenters. The summed E-state index contributed by atoms with van der Waals surface area (Å²) >= 11 is 0. The first kappa shape index (κ1) is 16.6. The van der Waals surface area contributed by atoms with Crippen LogP contribution in [0.15, 0.2) is 59.0 Å². The van der Waals surface area contributed by atoms with Crippen molar-refractivity contribution in [3.63, 3.8) is 0 Å². The Balaban J connectivity index is 1.81. The number of rotatable bonds is 2. The van der Waals surface area contributed by atoms with E-state index < -0.39 is 0 Å². The monoisotopic (exact) mass is 345 g/mol. The number of hydrogen-bond donors (Lipinski definition) is 0. The first-order valence-corrected chi connectivity index (χ1v) is 9.07. The van der Waals surface area contributed by atoms with Gasteiger partial charge in [-0.2, -0.15) is 0 Å². The highest BCUT2D eigenvalue weighted by Crippen LogP contribution is 2.36. The topological polar surface area (TPSA) is 33.5 Å². The van der Waals surface area contributed by atoms with Gasteiger partial charge in [-0.3, -0.25) is 4.79 Å². The summed E-state index contributed by atoms with van der Waals surface area (Å²) in [6, 6.07) is 18.7. The van der Waals surface area contributed by atoms with Crippen molar-refractivity contribution in [2.24, 2.45) is 0 Å². The van der Waals surface area contributed by atoms with Crippen LogP contribution in [0, 0.1) is 20.8 Å². The van der Waals surface area contributed by atoms with E-state index in [0.717, 1.165) is 17.7 Å². The molecule has 26 heavy (non-hydrogen) atoms. The molecular formula is C23H23NO2. The maximum Gasteiger partial charge on any atom is 0.258 e. The van der Waals surface area contributed by atoms with Crippen molar-refractivity contribution in [2.45, 2.75) is 33.2 Å². The van der Waals surface area contributed by atoms with Gasteiger partial charge in [0.15, 0.2) is 0 Å². The molecule has 0 spiro atoms. The molecule has 132 valence electrons. The van der Waals surface area contributed by atoms with Crippen LogP contribution in [0.1, 0.15) is 50.2 Å². The quantitative estimate of drug-likeness (QED) is 0.655. The van der Waals surface area contributed by atoms with Gasteiger partial charge in [0.1, 0.15) is 11.5 Å². The minimum absolute atomic E-state index is 0.0411. The summed E-state index contributed by atoms with van der Waals surface area (Å²) in [7, 11) is 0. The normalized spacial score (nSPS) is 16.4. The second-order valence-corrected chi connectivity index (χ2v) is 7.09. The van der Waals surface area contributed by atoms with Crippen LogP contribution in [0.3, 0.4) is 0 Å². The fraction of sp³-hybridized carbons (Fsp3) is 0.261. The van der Waals surface area contributed by atoms with Crippen LogP contribution in [0.2, 0.25) is 0 Å². The number of carbonyl (C=O) groups excluding carboxylic acids is 1. The fourth-order valence-electron chi connectivity index (χ4n) is 3.89. The van der Waals surface area contributed by atoms with Crippen molar-refractivity contribution in [2.75, 3.05) is 6.54 Å². The zero-order valence-corrected chi connectivity index (χ0v) is 15.5. The maximum absolute atomic E-state index is 13.4. The molecule has 2 aromatic carbocycles. The molecule has 2 heterocycles. The third-order valence-electron chi connectivity index (χ3n) is 5.21. The molecule has 3 heteroatoms. The highest BCUT2D eigenvalue weighted by atomic mass is 16.3. The first-order chi connectivity index (χ1) is 12.5. The largest absolute Gasteiger partial charge is 0.466 e. The smallest absolute Gasteiger partial charge is 0.258 e. The number of amides is 1. The number of aryl methyl sites for hydroxylation is 3. The Hall–Kier alpha value is -2.81. The summed E-state index contributed by atoms with van der Waals surface area (Å²) < 4.78 is 5.61. The van der Waals surface area contributed by atoms with Crippen molar-refractivity contribution < 1.29 is 9.21 Å². The van der Waals surface area contributed by atoms with Gasteiger partial charge >= 0.3 is 0 Å². The summed E-state index contributed by atoms with van der Waals surface area (Å²) in [6.07, 6.45) is 0.875. The number of benzene rings is 2. The molecule has 1 amide bonds. The number of carbonyl (C=O) groups is 1. The molecule has 0 unspecified atom stereocenters. The summed E-state index contributed by atoms with van der Waals surface area (Å²) in [5, 5.41) is 0. The lowest BCUT2D eigenvalue weighted by Crippen LogP contribution is -2.40. The Kier molecular flexibility index (Phi) is 4.15. The number of hydrogen-bond acceptors (Lipinski definition) is 2. The van der Waals surface area contributed by atoms with E-state index in [9.17, 15) is 4.79 Å². The van der Waals surface area contributed by atoms with Crippen molar-refractivity contribution in [1.29, 1.82) is 0 Å². The SMILES string of the molecule is Cc1ccc([C@@H]2c3ccccc3CCN2C(=O)c2cc(C)oc2C)cc1. The molecule has 1 aromatic heterocycles. The number of furan rings is 1. The van der Waals surface area contributed by atoms with Crippen LogP contribution in [0.25, 0.3) is 0 Å². The van der Waals surface area contributed by atoms with E-state index in [1.165, 1.54) is 16.7 Å². The minimum atomic E-state index is -0.0670. The molecule has 1 aliphatic rings. The second-order valence-electron chi connectivity index (χ2n) is 7.09. The van der Waals surface area contributed by atoms with E-state index in [1.54, 1.807) is 0 Å². The van der Waals surface area contributed by atoms with Gasteiger partial charge in [-0.05, 0) is 49.9 Å². The standard InChI is InChI=1S/C23H23NO2/c1-15-8-10-19(11-9-15)22-20-7-5-4-6-18(20)12-13-24(22)23(25)21-14-16(2)26-17(21)3/h4-11,14,22H,12-13H2,1-3H3/t22-/m1/s1. The zero-order chi connectivity index (χ0) is 18.3. The highest BCUT2D eigenvalue weighted by Gasteiger charge is 2.33. The van der Waals surface area contributed by atoms with E-state index in [-0.39, 0.29) is 11.9 Å². The molecule has 4 rings (SSSR count). The Bertz CT molecular complexity index is 953. The van der Waals surface area contributed by atoms with E-state index in [2.05, 4.69) is 55.5 Å². The van der Waals surface area contributed by atoms with Crippen LogP contribution in [-0.4, -0.2) is 17.4 Å². The van der Waals surface area contributed by atoms with Gasteiger partial charge in [-0.25, -0.2) is 0 Å². The highest BCUT2D eigenvalue weighted by molar-refractivity contribution is 5.96. The Morgan fingerprint density at radius 2 is 1.77 bits per heavy atom. The van der Waals surface area contributed by atoms with Crippen LogP contribution in [0.4, 0.5) is 0 Å². The average Bonchev–Trinajstić information content (AvgIpc) is 2.99. The van der Waals surface area contributed by atoms with E-state index >= 15 is 0 Å². The molecular weight excluding hydrogens is 322 g/mol. The predicted octanol–water partition coefficient (Wildman–Crippen LogP) is 4.99. The summed E-state index contributed by atoms with van der Waals surface area (Å²) in [5.74, 6) is 1.50. The molecule has 3 nitrogen and oxygen atoms in total. The van der Waals surface area contributed by atoms with Gasteiger partial charge in [0.2, 0.25) is 0 Å². The Labute approximate surface area is 154 Å². The molecule has 0 radical (unpaired) electrons. The third-order valence-corrected chi connectivity index (χ3v) is 5.21. The minimum Gasteiger partial charge on any atom is -0.466 e. The summed E-state index contributed by atoms with van der Waals surface area (Å²) in [5.41, 5.74) is 5.57. The van der Waals surface area contributed by atoms with Crippen LogP contribution in [-0.2, 0) is 6.42 Å². The molecule has 1 aliphatic heterocycles. The number of fused-ring (bicyclic) bond motifs is 1. The van der Waals surface area contributed by atoms with Gasteiger partial charge in [0, 0.05) is 6.54 Å². The lowest BCUT2D eigenvalue weighted by Gasteiger charge is -2.37. The molecule has 0 bridgehead atoms. The molecule has 3 aromatic rings. The van der Waals surface area contributed by atoms with Crippen LogP contribution >= 0.6 is 0 Å². The van der Waals surface area contributed by atoms with E-state index in [4.69, 9.17) is 4.42 Å². The molecule has 0 saturated heterocycles. The molecule has 0 N–H and O–H groups in total. The molecule has 0 aliphatic carbocycles. The molecule has 0 fully saturated rings. The lowest BCUT2D eigenvalue weighted by molar-refractivity contribution is 0.0693. The van der Waals surface area contributed by atoms with Gasteiger partial charge < -0.3 is 9.32 Å². The summed E-state index contributed by atoms with van der Waals surface area (Å²) in [4.78, 5) is 15.4. The second kappa shape index (κ2) is 6.49. The van der Waals surface area contributed by atoms with E-state index in [1.807, 2.05) is 24.8 Å². The van der Waals surface area contributed by atoms with Crippen molar-refractivity contribution in [3.05, 3.63) is 93.9 Å². The van der Waals surface area contributed by atoms with E-state index in [0.29, 0.717) is 17.9 Å². The lowest BCUT2D eigenvalue weighted by atomic mass is 9.87. The van der Waals surface area contributed by atoms with Gasteiger partial charge in [-0.15, -0.1) is 0 Å². The average molecular weight is 345 g/mol. The number of nitrogens with zero attached hydrogens (tertiary/aromatic N) is 1. The van der Waals surface area contributed by atoms with Crippen molar-refractivity contribution >= 4 is 5.91 Å². The van der Waals surface area contributed by atoms with Gasteiger partial charge in [0.05, 0.1) is 11.6 Å². The zero-order valence-electron chi connectivity index (χ0n) is 15.5. The van der Waals surface area contributed by atoms with Crippen LogP contribution in [0.5, 0.6) is 0 Å². The first-order valence-electron chi connectivity index (χ1n) is 9.07. The molecule has 0 saturated carbocycles. The predicted molar refractivity (Wildman–Crippen MR) is 102 cm³/mol. The van der Waals surface area contributed by atoms with Gasteiger partial charge in [0.25, 0.3) is 5.91 Å². The summed E-state index contributed by atoms with van der Waals surface area (Å²) in [6.45, 7) is 6.53. The Morgan fingerprint density at radius 1 is 1.04 bits per heavy atom. The van der Waals surface area contributed by atoms with Crippen molar-refractivity contribution in [3.8, 4) is 0 Å². The third kappa shape index (κ3) is 2.84. The maximum atomic E-state index is 13.4. The fourth-order valence-corrected chi connectivity index (χ4v) is 3.89. The Morgan fingerprint density at radius 3 is 2.46 bits per heavy atom. The van der Waals surface area contributed by atoms with Crippen LogP contribution < -0.4 is 0 Å².